The second kappa shape index (κ2) is 4.44. The zero-order chi connectivity index (χ0) is 12.5. The third kappa shape index (κ3) is 1.88. The van der Waals surface area contributed by atoms with Crippen LogP contribution in [0.15, 0.2) is 30.3 Å². The number of piperazine rings is 1. The Morgan fingerprint density at radius 2 is 2.00 bits per heavy atom. The van der Waals surface area contributed by atoms with Crippen LogP contribution < -0.4 is 5.32 Å². The first-order valence-corrected chi connectivity index (χ1v) is 6.38. The van der Waals surface area contributed by atoms with Crippen LogP contribution in [-0.4, -0.2) is 35.3 Å². The summed E-state index contributed by atoms with van der Waals surface area (Å²) in [7, 11) is 0. The molecule has 18 heavy (non-hydrogen) atoms. The zero-order valence-corrected chi connectivity index (χ0v) is 10.1. The summed E-state index contributed by atoms with van der Waals surface area (Å²) in [5, 5.41) is 2.91. The summed E-state index contributed by atoms with van der Waals surface area (Å²) in [6.07, 6.45) is 2.05. The molecule has 1 aromatic carbocycles. The maximum Gasteiger partial charge on any atom is 0.243 e. The predicted octanol–water partition coefficient (Wildman–Crippen LogP) is 0.718. The molecule has 1 aromatic rings. The molecule has 0 saturated carbocycles. The minimum Gasteiger partial charge on any atom is -0.352 e. The molecule has 0 unspecified atom stereocenters. The van der Waals surface area contributed by atoms with Crippen LogP contribution in [-0.2, 0) is 16.0 Å². The lowest BCUT2D eigenvalue weighted by Gasteiger charge is -2.37. The topological polar surface area (TPSA) is 49.4 Å². The molecule has 2 fully saturated rings. The van der Waals surface area contributed by atoms with E-state index in [4.69, 9.17) is 0 Å². The molecule has 2 aliphatic rings. The number of fused-ring (bicyclic) bond motifs is 1. The number of nitrogens with zero attached hydrogens (tertiary/aromatic N) is 1. The van der Waals surface area contributed by atoms with Gasteiger partial charge >= 0.3 is 0 Å². The van der Waals surface area contributed by atoms with Gasteiger partial charge in [0.15, 0.2) is 0 Å². The van der Waals surface area contributed by atoms with Gasteiger partial charge in [0.05, 0.1) is 6.04 Å². The van der Waals surface area contributed by atoms with Crippen LogP contribution in [0.5, 0.6) is 0 Å². The van der Waals surface area contributed by atoms with Crippen LogP contribution >= 0.6 is 0 Å². The largest absolute Gasteiger partial charge is 0.352 e. The van der Waals surface area contributed by atoms with Gasteiger partial charge in [0.25, 0.3) is 0 Å². The fourth-order valence-electron chi connectivity index (χ4n) is 2.88. The molecule has 0 spiro atoms. The van der Waals surface area contributed by atoms with Gasteiger partial charge in [-0.05, 0) is 12.0 Å². The number of nitrogens with one attached hydrogen (secondary N) is 1. The SMILES string of the molecule is O=C1NC[C@H]2CCC(=O)N2[C@H]1Cc1ccccc1. The molecule has 1 N–H and O–H groups in total. The number of benzene rings is 1. The number of amides is 2. The smallest absolute Gasteiger partial charge is 0.243 e. The predicted molar refractivity (Wildman–Crippen MR) is 66.8 cm³/mol. The Morgan fingerprint density at radius 3 is 2.78 bits per heavy atom. The molecule has 3 rings (SSSR count). The van der Waals surface area contributed by atoms with E-state index in [9.17, 15) is 9.59 Å². The van der Waals surface area contributed by atoms with Gasteiger partial charge in [-0.2, -0.15) is 0 Å². The van der Waals surface area contributed by atoms with Gasteiger partial charge in [0.2, 0.25) is 11.8 Å². The molecule has 0 bridgehead atoms. The summed E-state index contributed by atoms with van der Waals surface area (Å²) in [5.41, 5.74) is 1.10. The Hall–Kier alpha value is -1.84. The van der Waals surface area contributed by atoms with E-state index in [-0.39, 0.29) is 23.9 Å². The van der Waals surface area contributed by atoms with E-state index in [1.54, 1.807) is 4.90 Å². The molecular formula is C14H16N2O2. The molecule has 4 nitrogen and oxygen atoms in total. The minimum atomic E-state index is -0.332. The second-order valence-electron chi connectivity index (χ2n) is 4.94. The van der Waals surface area contributed by atoms with E-state index in [1.165, 1.54) is 0 Å². The average molecular weight is 244 g/mol. The fraction of sp³-hybridized carbons (Fsp3) is 0.429. The molecular weight excluding hydrogens is 228 g/mol. The van der Waals surface area contributed by atoms with Crippen molar-refractivity contribution in [3.8, 4) is 0 Å². The lowest BCUT2D eigenvalue weighted by molar-refractivity contribution is -0.142. The van der Waals surface area contributed by atoms with E-state index in [0.717, 1.165) is 12.0 Å². The van der Waals surface area contributed by atoms with Gasteiger partial charge in [0, 0.05) is 19.4 Å². The molecule has 94 valence electrons. The van der Waals surface area contributed by atoms with Gasteiger partial charge in [-0.15, -0.1) is 0 Å². The number of hydrogen-bond acceptors (Lipinski definition) is 2. The summed E-state index contributed by atoms with van der Waals surface area (Å²) in [6.45, 7) is 0.607. The van der Waals surface area contributed by atoms with E-state index in [0.29, 0.717) is 19.4 Å². The van der Waals surface area contributed by atoms with Gasteiger partial charge in [0.1, 0.15) is 6.04 Å². The second-order valence-corrected chi connectivity index (χ2v) is 4.94. The zero-order valence-electron chi connectivity index (χ0n) is 10.1. The molecule has 0 aromatic heterocycles. The first-order chi connectivity index (χ1) is 8.75. The highest BCUT2D eigenvalue weighted by molar-refractivity contribution is 5.90. The molecule has 2 atom stereocenters. The number of hydrogen-bond donors (Lipinski definition) is 1. The lowest BCUT2D eigenvalue weighted by Crippen LogP contribution is -2.60. The number of carbonyl (C=O) groups is 2. The number of carbonyl (C=O) groups excluding carboxylic acids is 2. The summed E-state index contributed by atoms with van der Waals surface area (Å²) in [4.78, 5) is 25.7. The van der Waals surface area contributed by atoms with Crippen LogP contribution in [0, 0.1) is 0 Å². The normalized spacial score (nSPS) is 27.0. The van der Waals surface area contributed by atoms with Gasteiger partial charge in [-0.1, -0.05) is 30.3 Å². The Morgan fingerprint density at radius 1 is 1.22 bits per heavy atom. The summed E-state index contributed by atoms with van der Waals surface area (Å²) >= 11 is 0. The quantitative estimate of drug-likeness (QED) is 0.833. The Balaban J connectivity index is 1.84. The van der Waals surface area contributed by atoms with Crippen molar-refractivity contribution in [1.82, 2.24) is 10.2 Å². The summed E-state index contributed by atoms with van der Waals surface area (Å²) < 4.78 is 0. The van der Waals surface area contributed by atoms with Crippen molar-refractivity contribution >= 4 is 11.8 Å². The minimum absolute atomic E-state index is 0.0228. The number of rotatable bonds is 2. The molecule has 2 aliphatic heterocycles. The first kappa shape index (κ1) is 11.3. The maximum atomic E-state index is 12.0. The van der Waals surface area contributed by atoms with E-state index in [2.05, 4.69) is 5.32 Å². The van der Waals surface area contributed by atoms with Gasteiger partial charge < -0.3 is 10.2 Å². The van der Waals surface area contributed by atoms with Crippen LogP contribution in [0.25, 0.3) is 0 Å². The molecule has 2 saturated heterocycles. The van der Waals surface area contributed by atoms with Crippen molar-refractivity contribution in [2.24, 2.45) is 0 Å². The van der Waals surface area contributed by atoms with Crippen molar-refractivity contribution in [1.29, 1.82) is 0 Å². The fourth-order valence-corrected chi connectivity index (χ4v) is 2.88. The van der Waals surface area contributed by atoms with Gasteiger partial charge in [-0.3, -0.25) is 9.59 Å². The van der Waals surface area contributed by atoms with Crippen molar-refractivity contribution < 1.29 is 9.59 Å². The van der Waals surface area contributed by atoms with Crippen molar-refractivity contribution in [3.63, 3.8) is 0 Å². The third-order valence-electron chi connectivity index (χ3n) is 3.80. The third-order valence-corrected chi connectivity index (χ3v) is 3.80. The van der Waals surface area contributed by atoms with Crippen molar-refractivity contribution in [3.05, 3.63) is 35.9 Å². The molecule has 0 aliphatic carbocycles. The highest BCUT2D eigenvalue weighted by Crippen LogP contribution is 2.25. The molecule has 4 heteroatoms. The molecule has 0 radical (unpaired) electrons. The van der Waals surface area contributed by atoms with Crippen LogP contribution in [0.3, 0.4) is 0 Å². The van der Waals surface area contributed by atoms with E-state index < -0.39 is 0 Å². The first-order valence-electron chi connectivity index (χ1n) is 6.38. The maximum absolute atomic E-state index is 12.0. The Kier molecular flexibility index (Phi) is 2.78. The molecule has 2 heterocycles. The Bertz CT molecular complexity index is 472. The van der Waals surface area contributed by atoms with Crippen molar-refractivity contribution in [2.45, 2.75) is 31.3 Å². The monoisotopic (exact) mass is 244 g/mol. The summed E-state index contributed by atoms with van der Waals surface area (Å²) in [5.74, 6) is 0.0983. The van der Waals surface area contributed by atoms with Crippen LogP contribution in [0.4, 0.5) is 0 Å². The highest BCUT2D eigenvalue weighted by atomic mass is 16.2. The van der Waals surface area contributed by atoms with E-state index in [1.807, 2.05) is 30.3 Å². The standard InChI is InChI=1S/C14H16N2O2/c17-13-7-6-11-9-15-14(18)12(16(11)13)8-10-4-2-1-3-5-10/h1-5,11-12H,6-9H2,(H,15,18)/t11-,12+/m1/s1. The lowest BCUT2D eigenvalue weighted by atomic mass is 10.0. The summed E-state index contributed by atoms with van der Waals surface area (Å²) in [6, 6.07) is 9.73. The van der Waals surface area contributed by atoms with Gasteiger partial charge in [-0.25, -0.2) is 0 Å². The van der Waals surface area contributed by atoms with E-state index >= 15 is 0 Å². The van der Waals surface area contributed by atoms with Crippen LogP contribution in [0.1, 0.15) is 18.4 Å². The van der Waals surface area contributed by atoms with Crippen molar-refractivity contribution in [2.75, 3.05) is 6.54 Å². The highest BCUT2D eigenvalue weighted by Gasteiger charge is 2.42. The average Bonchev–Trinajstić information content (AvgIpc) is 2.76. The van der Waals surface area contributed by atoms with Crippen LogP contribution in [0.2, 0.25) is 0 Å². The molecule has 2 amide bonds. The Labute approximate surface area is 106 Å².